The number of aromatic amines is 1. The molecule has 1 aromatic heterocycles. The molecule has 0 spiro atoms. The van der Waals surface area contributed by atoms with Crippen LogP contribution in [0, 0.1) is 5.92 Å². The number of aromatic nitrogens is 2. The van der Waals surface area contributed by atoms with Crippen molar-refractivity contribution in [2.75, 3.05) is 13.1 Å². The van der Waals surface area contributed by atoms with Gasteiger partial charge in [0.1, 0.15) is 18.1 Å². The highest BCUT2D eigenvalue weighted by atomic mass is 16.4. The Kier molecular flexibility index (Phi) is 14.3. The first-order valence-corrected chi connectivity index (χ1v) is 12.4. The van der Waals surface area contributed by atoms with E-state index in [-0.39, 0.29) is 18.8 Å². The number of hydrogen-bond acceptors (Lipinski definition) is 8. The number of nitrogens with one attached hydrogen (secondary N) is 4. The van der Waals surface area contributed by atoms with E-state index in [1.54, 1.807) is 13.8 Å². The zero-order chi connectivity index (χ0) is 27.1. The second-order valence-corrected chi connectivity index (χ2v) is 9.14. The standard InChI is InChI=1S/C23H42N8O5/c1-14(2)19(26)22(34)30-17(8-4-6-10-25)20(32)29-16(7-3-5-9-24)21(33)31-18(23(35)36)11-15-12-27-13-28-15/h12-14,16-19H,3-11,24-26H2,1-2H3,(H,27,28)(H,29,32)(H,30,34)(H,31,33)(H,35,36). The lowest BCUT2D eigenvalue weighted by molar-refractivity contribution is -0.142. The van der Waals surface area contributed by atoms with Crippen LogP contribution in [0.3, 0.4) is 0 Å². The number of nitrogens with zero attached hydrogens (tertiary/aromatic N) is 1. The molecule has 204 valence electrons. The SMILES string of the molecule is CC(C)C(N)C(=O)NC(CCCCN)C(=O)NC(CCCCN)C(=O)NC(Cc1cnc[nH]1)C(=O)O. The van der Waals surface area contributed by atoms with E-state index in [0.29, 0.717) is 50.9 Å². The fourth-order valence-corrected chi connectivity index (χ4v) is 3.45. The van der Waals surface area contributed by atoms with Crippen LogP contribution in [0.1, 0.15) is 58.1 Å². The number of imidazole rings is 1. The van der Waals surface area contributed by atoms with E-state index in [0.717, 1.165) is 0 Å². The van der Waals surface area contributed by atoms with Crippen molar-refractivity contribution >= 4 is 23.7 Å². The molecule has 1 aromatic rings. The molecule has 4 atom stereocenters. The maximum absolute atomic E-state index is 13.2. The number of carbonyl (C=O) groups excluding carboxylic acids is 3. The smallest absolute Gasteiger partial charge is 0.326 e. The molecule has 0 aromatic carbocycles. The Labute approximate surface area is 211 Å². The van der Waals surface area contributed by atoms with Gasteiger partial charge in [-0.1, -0.05) is 13.8 Å². The van der Waals surface area contributed by atoms with Crippen molar-refractivity contribution in [3.05, 3.63) is 18.2 Å². The van der Waals surface area contributed by atoms with Gasteiger partial charge < -0.3 is 43.2 Å². The summed E-state index contributed by atoms with van der Waals surface area (Å²) in [6.07, 6.45) is 5.84. The summed E-state index contributed by atoms with van der Waals surface area (Å²) in [6, 6.07) is -3.95. The van der Waals surface area contributed by atoms with Crippen LogP contribution in [-0.2, 0) is 25.6 Å². The molecule has 3 amide bonds. The van der Waals surface area contributed by atoms with Gasteiger partial charge in [0.25, 0.3) is 0 Å². The molecule has 0 aliphatic carbocycles. The lowest BCUT2D eigenvalue weighted by atomic mass is 10.0. The third kappa shape index (κ3) is 11.1. The zero-order valence-corrected chi connectivity index (χ0v) is 21.2. The van der Waals surface area contributed by atoms with Crippen LogP contribution < -0.4 is 33.2 Å². The minimum atomic E-state index is -1.23. The Morgan fingerprint density at radius 3 is 1.81 bits per heavy atom. The van der Waals surface area contributed by atoms with Crippen molar-refractivity contribution < 1.29 is 24.3 Å². The largest absolute Gasteiger partial charge is 0.480 e. The monoisotopic (exact) mass is 510 g/mol. The van der Waals surface area contributed by atoms with Gasteiger partial charge >= 0.3 is 5.97 Å². The number of nitrogens with two attached hydrogens (primary N) is 3. The van der Waals surface area contributed by atoms with E-state index < -0.39 is 47.9 Å². The Hall–Kier alpha value is -3.03. The maximum atomic E-state index is 13.2. The average molecular weight is 511 g/mol. The number of carboxylic acids is 1. The van der Waals surface area contributed by atoms with E-state index in [1.165, 1.54) is 12.5 Å². The Balaban J connectivity index is 2.98. The molecule has 0 saturated heterocycles. The van der Waals surface area contributed by atoms with Crippen molar-refractivity contribution in [3.8, 4) is 0 Å². The molecule has 13 heteroatoms. The van der Waals surface area contributed by atoms with Gasteiger partial charge in [-0.3, -0.25) is 14.4 Å². The van der Waals surface area contributed by atoms with Gasteiger partial charge in [0, 0.05) is 18.3 Å². The lowest BCUT2D eigenvalue weighted by Gasteiger charge is -2.26. The Bertz CT molecular complexity index is 817. The number of unbranched alkanes of at least 4 members (excludes halogenated alkanes) is 2. The second-order valence-electron chi connectivity index (χ2n) is 9.14. The zero-order valence-electron chi connectivity index (χ0n) is 21.2. The van der Waals surface area contributed by atoms with Gasteiger partial charge in [-0.05, 0) is 57.5 Å². The molecule has 4 unspecified atom stereocenters. The van der Waals surface area contributed by atoms with Crippen LogP contribution in [0.4, 0.5) is 0 Å². The number of rotatable bonds is 18. The van der Waals surface area contributed by atoms with Crippen LogP contribution in [0.15, 0.2) is 12.5 Å². The van der Waals surface area contributed by atoms with E-state index in [9.17, 15) is 24.3 Å². The molecule has 0 radical (unpaired) electrons. The summed E-state index contributed by atoms with van der Waals surface area (Å²) >= 11 is 0. The molecular formula is C23H42N8O5. The van der Waals surface area contributed by atoms with Gasteiger partial charge in [-0.25, -0.2) is 9.78 Å². The molecule has 13 nitrogen and oxygen atoms in total. The molecule has 1 rings (SSSR count). The van der Waals surface area contributed by atoms with E-state index >= 15 is 0 Å². The normalized spacial score (nSPS) is 14.5. The van der Waals surface area contributed by atoms with Crippen LogP contribution >= 0.6 is 0 Å². The summed E-state index contributed by atoms with van der Waals surface area (Å²) in [5.41, 5.74) is 17.6. The summed E-state index contributed by atoms with van der Waals surface area (Å²) in [6.45, 7) is 4.44. The summed E-state index contributed by atoms with van der Waals surface area (Å²) in [5, 5.41) is 17.4. The fraction of sp³-hybridized carbons (Fsp3) is 0.696. The number of hydrogen-bond donors (Lipinski definition) is 8. The first kappa shape index (κ1) is 31.0. The lowest BCUT2D eigenvalue weighted by Crippen LogP contribution is -2.57. The molecule has 11 N–H and O–H groups in total. The van der Waals surface area contributed by atoms with Gasteiger partial charge in [0.2, 0.25) is 17.7 Å². The number of carboxylic acid groups (broad SMARTS) is 1. The highest BCUT2D eigenvalue weighted by Gasteiger charge is 2.30. The van der Waals surface area contributed by atoms with Crippen LogP contribution in [0.2, 0.25) is 0 Å². The van der Waals surface area contributed by atoms with Gasteiger partial charge in [-0.15, -0.1) is 0 Å². The van der Waals surface area contributed by atoms with Crippen molar-refractivity contribution in [1.82, 2.24) is 25.9 Å². The molecule has 36 heavy (non-hydrogen) atoms. The minimum Gasteiger partial charge on any atom is -0.480 e. The number of amides is 3. The van der Waals surface area contributed by atoms with Crippen molar-refractivity contribution in [3.63, 3.8) is 0 Å². The molecule has 0 bridgehead atoms. The molecule has 1 heterocycles. The quantitative estimate of drug-likeness (QED) is 0.110. The van der Waals surface area contributed by atoms with Crippen LogP contribution in [0.25, 0.3) is 0 Å². The summed E-state index contributed by atoms with van der Waals surface area (Å²) in [4.78, 5) is 57.1. The topological polar surface area (TPSA) is 231 Å². The second kappa shape index (κ2) is 16.6. The predicted octanol–water partition coefficient (Wildman–Crippen LogP) is -1.27. The summed E-state index contributed by atoms with van der Waals surface area (Å²) < 4.78 is 0. The van der Waals surface area contributed by atoms with Crippen molar-refractivity contribution in [2.45, 2.75) is 83.0 Å². The third-order valence-corrected chi connectivity index (χ3v) is 5.77. The number of aliphatic carboxylic acids is 1. The predicted molar refractivity (Wildman–Crippen MR) is 134 cm³/mol. The van der Waals surface area contributed by atoms with Crippen LogP contribution in [-0.4, -0.2) is 76.0 Å². The Morgan fingerprint density at radius 2 is 1.39 bits per heavy atom. The minimum absolute atomic E-state index is 0.00456. The van der Waals surface area contributed by atoms with E-state index in [2.05, 4.69) is 25.9 Å². The van der Waals surface area contributed by atoms with Gasteiger partial charge in [0.05, 0.1) is 12.4 Å². The number of carbonyl (C=O) groups is 4. The molecule has 0 fully saturated rings. The average Bonchev–Trinajstić information content (AvgIpc) is 3.34. The highest BCUT2D eigenvalue weighted by Crippen LogP contribution is 2.08. The fourth-order valence-electron chi connectivity index (χ4n) is 3.45. The van der Waals surface area contributed by atoms with Gasteiger partial charge in [0.15, 0.2) is 0 Å². The first-order valence-electron chi connectivity index (χ1n) is 12.4. The number of H-pyrrole nitrogens is 1. The molecule has 0 aliphatic rings. The summed E-state index contributed by atoms with van der Waals surface area (Å²) in [5.74, 6) is -3.01. The summed E-state index contributed by atoms with van der Waals surface area (Å²) in [7, 11) is 0. The Morgan fingerprint density at radius 1 is 0.889 bits per heavy atom. The van der Waals surface area contributed by atoms with Crippen molar-refractivity contribution in [1.29, 1.82) is 0 Å². The van der Waals surface area contributed by atoms with E-state index in [1.807, 2.05) is 0 Å². The first-order chi connectivity index (χ1) is 17.1. The van der Waals surface area contributed by atoms with E-state index in [4.69, 9.17) is 17.2 Å². The van der Waals surface area contributed by atoms with Crippen molar-refractivity contribution in [2.24, 2.45) is 23.1 Å². The maximum Gasteiger partial charge on any atom is 0.326 e. The molecule has 0 saturated carbocycles. The molecule has 0 aliphatic heterocycles. The third-order valence-electron chi connectivity index (χ3n) is 5.77. The molecular weight excluding hydrogens is 468 g/mol. The van der Waals surface area contributed by atoms with Crippen LogP contribution in [0.5, 0.6) is 0 Å². The highest BCUT2D eigenvalue weighted by molar-refractivity contribution is 5.94. The van der Waals surface area contributed by atoms with Gasteiger partial charge in [-0.2, -0.15) is 0 Å².